The molecule has 2 amide bonds. The molecule has 1 aliphatic carbocycles. The molecular formula is C19H28N2O4. The van der Waals surface area contributed by atoms with Crippen molar-refractivity contribution in [2.45, 2.75) is 70.7 Å². The van der Waals surface area contributed by atoms with E-state index in [-0.39, 0.29) is 18.7 Å². The van der Waals surface area contributed by atoms with E-state index in [2.05, 4.69) is 10.6 Å². The SMILES string of the molecule is CC(C)(C)OC(=O)N[C@@H]1CCCC[C@H]1NC(=O)OCc1ccccc1. The van der Waals surface area contributed by atoms with Crippen molar-refractivity contribution in [2.24, 2.45) is 0 Å². The second-order valence-corrected chi connectivity index (χ2v) is 7.35. The number of hydrogen-bond acceptors (Lipinski definition) is 4. The Bertz CT molecular complexity index is 569. The van der Waals surface area contributed by atoms with Crippen LogP contribution < -0.4 is 10.6 Å². The number of benzene rings is 1. The van der Waals surface area contributed by atoms with E-state index in [9.17, 15) is 9.59 Å². The van der Waals surface area contributed by atoms with Crippen molar-refractivity contribution < 1.29 is 19.1 Å². The molecule has 2 atom stereocenters. The summed E-state index contributed by atoms with van der Waals surface area (Å²) in [5.41, 5.74) is 0.390. The van der Waals surface area contributed by atoms with E-state index in [1.54, 1.807) is 0 Å². The third-order valence-electron chi connectivity index (χ3n) is 3.98. The number of alkyl carbamates (subject to hydrolysis) is 2. The average molecular weight is 348 g/mol. The van der Waals surface area contributed by atoms with Crippen molar-refractivity contribution in [1.82, 2.24) is 10.6 Å². The van der Waals surface area contributed by atoms with Gasteiger partial charge >= 0.3 is 12.2 Å². The minimum atomic E-state index is -0.545. The largest absolute Gasteiger partial charge is 0.445 e. The van der Waals surface area contributed by atoms with Crippen LogP contribution in [-0.2, 0) is 16.1 Å². The van der Waals surface area contributed by atoms with Gasteiger partial charge in [-0.05, 0) is 39.2 Å². The first-order valence-corrected chi connectivity index (χ1v) is 8.80. The quantitative estimate of drug-likeness (QED) is 0.869. The Kier molecular flexibility index (Phi) is 6.67. The van der Waals surface area contributed by atoms with E-state index in [1.165, 1.54) is 0 Å². The molecule has 2 N–H and O–H groups in total. The van der Waals surface area contributed by atoms with Crippen LogP contribution in [0.3, 0.4) is 0 Å². The third kappa shape index (κ3) is 7.03. The average Bonchev–Trinajstić information content (AvgIpc) is 2.54. The van der Waals surface area contributed by atoms with Crippen molar-refractivity contribution in [3.05, 3.63) is 35.9 Å². The Hall–Kier alpha value is -2.24. The zero-order chi connectivity index (χ0) is 18.3. The molecule has 0 spiro atoms. The molecule has 0 heterocycles. The predicted molar refractivity (Wildman–Crippen MR) is 95.2 cm³/mol. The molecule has 0 aliphatic heterocycles. The fourth-order valence-electron chi connectivity index (χ4n) is 2.85. The molecule has 1 aromatic rings. The lowest BCUT2D eigenvalue weighted by molar-refractivity contribution is 0.0475. The monoisotopic (exact) mass is 348 g/mol. The molecule has 6 nitrogen and oxygen atoms in total. The second kappa shape index (κ2) is 8.74. The minimum absolute atomic E-state index is 0.145. The fraction of sp³-hybridized carbons (Fsp3) is 0.579. The summed E-state index contributed by atoms with van der Waals surface area (Å²) >= 11 is 0. The molecule has 0 aromatic heterocycles. The van der Waals surface area contributed by atoms with E-state index in [0.717, 1.165) is 31.2 Å². The number of nitrogens with one attached hydrogen (secondary N) is 2. The zero-order valence-electron chi connectivity index (χ0n) is 15.2. The summed E-state index contributed by atoms with van der Waals surface area (Å²) in [6.07, 6.45) is 2.72. The van der Waals surface area contributed by atoms with Crippen LogP contribution in [0, 0.1) is 0 Å². The standard InChI is InChI=1S/C19H28N2O4/c1-19(2,3)25-18(23)21-16-12-8-7-11-15(16)20-17(22)24-13-14-9-5-4-6-10-14/h4-6,9-10,15-16H,7-8,11-13H2,1-3H3,(H,20,22)(H,21,23)/t15-,16-/m1/s1. The molecule has 0 unspecified atom stereocenters. The number of carbonyl (C=O) groups is 2. The van der Waals surface area contributed by atoms with Gasteiger partial charge in [0.05, 0.1) is 12.1 Å². The number of hydrogen-bond donors (Lipinski definition) is 2. The zero-order valence-corrected chi connectivity index (χ0v) is 15.2. The molecular weight excluding hydrogens is 320 g/mol. The van der Waals surface area contributed by atoms with Gasteiger partial charge in [-0.15, -0.1) is 0 Å². The van der Waals surface area contributed by atoms with Gasteiger partial charge in [-0.3, -0.25) is 0 Å². The normalized spacial score (nSPS) is 20.4. The summed E-state index contributed by atoms with van der Waals surface area (Å²) in [5.74, 6) is 0. The lowest BCUT2D eigenvalue weighted by atomic mass is 9.90. The first kappa shape index (κ1) is 19.1. The summed E-state index contributed by atoms with van der Waals surface area (Å²) < 4.78 is 10.6. The van der Waals surface area contributed by atoms with E-state index in [0.29, 0.717) is 0 Å². The minimum Gasteiger partial charge on any atom is -0.445 e. The number of carbonyl (C=O) groups excluding carboxylic acids is 2. The molecule has 0 saturated heterocycles. The van der Waals surface area contributed by atoms with Crippen LogP contribution in [0.4, 0.5) is 9.59 Å². The Balaban J connectivity index is 1.83. The Morgan fingerprint density at radius 3 is 2.12 bits per heavy atom. The first-order chi connectivity index (χ1) is 11.8. The summed E-state index contributed by atoms with van der Waals surface area (Å²) in [6.45, 7) is 5.70. The van der Waals surface area contributed by atoms with Gasteiger partial charge in [-0.1, -0.05) is 43.2 Å². The van der Waals surface area contributed by atoms with Gasteiger partial charge in [0.2, 0.25) is 0 Å². The third-order valence-corrected chi connectivity index (χ3v) is 3.98. The summed E-state index contributed by atoms with van der Waals surface area (Å²) in [5, 5.41) is 5.75. The second-order valence-electron chi connectivity index (χ2n) is 7.35. The van der Waals surface area contributed by atoms with Crippen molar-refractivity contribution in [1.29, 1.82) is 0 Å². The topological polar surface area (TPSA) is 76.7 Å². The predicted octanol–water partition coefficient (Wildman–Crippen LogP) is 3.75. The highest BCUT2D eigenvalue weighted by Crippen LogP contribution is 2.19. The summed E-state index contributed by atoms with van der Waals surface area (Å²) in [4.78, 5) is 24.1. The maximum absolute atomic E-state index is 12.1. The fourth-order valence-corrected chi connectivity index (χ4v) is 2.85. The lowest BCUT2D eigenvalue weighted by Crippen LogP contribution is -2.54. The highest BCUT2D eigenvalue weighted by molar-refractivity contribution is 5.69. The van der Waals surface area contributed by atoms with Crippen molar-refractivity contribution in [3.63, 3.8) is 0 Å². The smallest absolute Gasteiger partial charge is 0.407 e. The van der Waals surface area contributed by atoms with Crippen LogP contribution in [-0.4, -0.2) is 29.9 Å². The molecule has 1 fully saturated rings. The number of rotatable bonds is 4. The van der Waals surface area contributed by atoms with Crippen molar-refractivity contribution in [3.8, 4) is 0 Å². The van der Waals surface area contributed by atoms with Gasteiger partial charge in [0.25, 0.3) is 0 Å². The van der Waals surface area contributed by atoms with Gasteiger partial charge in [0.1, 0.15) is 12.2 Å². The molecule has 138 valence electrons. The van der Waals surface area contributed by atoms with Crippen molar-refractivity contribution >= 4 is 12.2 Å². The van der Waals surface area contributed by atoms with E-state index >= 15 is 0 Å². The molecule has 0 radical (unpaired) electrons. The molecule has 6 heteroatoms. The van der Waals surface area contributed by atoms with E-state index in [4.69, 9.17) is 9.47 Å². The maximum Gasteiger partial charge on any atom is 0.407 e. The van der Waals surface area contributed by atoms with Gasteiger partial charge in [-0.2, -0.15) is 0 Å². The summed E-state index contributed by atoms with van der Waals surface area (Å²) in [6, 6.07) is 9.23. The van der Waals surface area contributed by atoms with Gasteiger partial charge in [-0.25, -0.2) is 9.59 Å². The summed E-state index contributed by atoms with van der Waals surface area (Å²) in [7, 11) is 0. The van der Waals surface area contributed by atoms with Crippen molar-refractivity contribution in [2.75, 3.05) is 0 Å². The van der Waals surface area contributed by atoms with Crippen LogP contribution >= 0.6 is 0 Å². The van der Waals surface area contributed by atoms with Crippen LogP contribution in [0.25, 0.3) is 0 Å². The molecule has 1 aliphatic rings. The molecule has 25 heavy (non-hydrogen) atoms. The highest BCUT2D eigenvalue weighted by atomic mass is 16.6. The maximum atomic E-state index is 12.1. The molecule has 2 rings (SSSR count). The Morgan fingerprint density at radius 2 is 1.56 bits per heavy atom. The van der Waals surface area contributed by atoms with Crippen LogP contribution in [0.5, 0.6) is 0 Å². The van der Waals surface area contributed by atoms with Crippen LogP contribution in [0.1, 0.15) is 52.0 Å². The van der Waals surface area contributed by atoms with Gasteiger partial charge in [0, 0.05) is 0 Å². The molecule has 1 saturated carbocycles. The van der Waals surface area contributed by atoms with E-state index < -0.39 is 17.8 Å². The number of amides is 2. The lowest BCUT2D eigenvalue weighted by Gasteiger charge is -2.33. The Labute approximate surface area is 149 Å². The first-order valence-electron chi connectivity index (χ1n) is 8.80. The highest BCUT2D eigenvalue weighted by Gasteiger charge is 2.29. The van der Waals surface area contributed by atoms with Gasteiger partial charge in [0.15, 0.2) is 0 Å². The Morgan fingerprint density at radius 1 is 1.00 bits per heavy atom. The molecule has 0 bridgehead atoms. The van der Waals surface area contributed by atoms with E-state index in [1.807, 2.05) is 51.1 Å². The number of ether oxygens (including phenoxy) is 2. The van der Waals surface area contributed by atoms with Crippen LogP contribution in [0.15, 0.2) is 30.3 Å². The van der Waals surface area contributed by atoms with Crippen LogP contribution in [0.2, 0.25) is 0 Å². The molecule has 1 aromatic carbocycles. The van der Waals surface area contributed by atoms with Gasteiger partial charge < -0.3 is 20.1 Å².